The Kier molecular flexibility index (Phi) is 3.06. The van der Waals surface area contributed by atoms with E-state index >= 15 is 0 Å². The van der Waals surface area contributed by atoms with Gasteiger partial charge in [-0.25, -0.2) is 4.79 Å². The second kappa shape index (κ2) is 5.01. The Bertz CT molecular complexity index is 543. The van der Waals surface area contributed by atoms with Crippen molar-refractivity contribution in [2.75, 3.05) is 11.9 Å². The van der Waals surface area contributed by atoms with Crippen molar-refractivity contribution in [1.29, 1.82) is 0 Å². The van der Waals surface area contributed by atoms with Gasteiger partial charge in [-0.05, 0) is 11.6 Å². The average molecular weight is 258 g/mol. The Balaban J connectivity index is 1.48. The number of amides is 2. The zero-order valence-corrected chi connectivity index (χ0v) is 10.2. The summed E-state index contributed by atoms with van der Waals surface area (Å²) >= 11 is 0. The molecule has 0 radical (unpaired) electrons. The first-order valence-corrected chi connectivity index (χ1v) is 6.09. The number of para-hydroxylation sites is 1. The van der Waals surface area contributed by atoms with E-state index in [0.717, 1.165) is 12.2 Å². The van der Waals surface area contributed by atoms with Gasteiger partial charge in [0.1, 0.15) is 11.9 Å². The minimum Gasteiger partial charge on any atom is -0.488 e. The van der Waals surface area contributed by atoms with Crippen LogP contribution >= 0.6 is 0 Å². The number of carbonyl (C=O) groups excluding carboxylic acids is 1. The van der Waals surface area contributed by atoms with Crippen molar-refractivity contribution >= 4 is 11.7 Å². The standard InChI is InChI=1S/C13H14N4O2/c18-13(17-10-6-15-16-7-10)14-8-11-5-9-3-1-2-4-12(9)19-11/h1-4,6-7,11H,5,8H2,(H,15,16)(H2,14,17,18). The highest BCUT2D eigenvalue weighted by atomic mass is 16.5. The molecule has 2 amide bonds. The number of rotatable bonds is 3. The van der Waals surface area contributed by atoms with Crippen LogP contribution in [0.25, 0.3) is 0 Å². The lowest BCUT2D eigenvalue weighted by molar-refractivity contribution is 0.219. The van der Waals surface area contributed by atoms with E-state index in [9.17, 15) is 4.79 Å². The normalized spacial score (nSPS) is 16.5. The number of fused-ring (bicyclic) bond motifs is 1. The summed E-state index contributed by atoms with van der Waals surface area (Å²) in [7, 11) is 0. The highest BCUT2D eigenvalue weighted by Crippen LogP contribution is 2.27. The number of hydrogen-bond donors (Lipinski definition) is 3. The van der Waals surface area contributed by atoms with Crippen molar-refractivity contribution in [2.24, 2.45) is 0 Å². The van der Waals surface area contributed by atoms with Gasteiger partial charge in [0, 0.05) is 12.6 Å². The maximum atomic E-state index is 11.6. The number of urea groups is 1. The van der Waals surface area contributed by atoms with Crippen LogP contribution in [-0.4, -0.2) is 28.9 Å². The molecule has 3 rings (SSSR count). The Hall–Kier alpha value is -2.50. The third-order valence-corrected chi connectivity index (χ3v) is 2.96. The Morgan fingerprint density at radius 1 is 1.47 bits per heavy atom. The number of hydrogen-bond acceptors (Lipinski definition) is 3. The van der Waals surface area contributed by atoms with Crippen LogP contribution in [0, 0.1) is 0 Å². The molecule has 0 fully saturated rings. The van der Waals surface area contributed by atoms with Crippen LogP contribution in [0.1, 0.15) is 5.56 Å². The molecule has 1 atom stereocenters. The number of carbonyl (C=O) groups is 1. The molecule has 0 spiro atoms. The molecule has 0 saturated heterocycles. The smallest absolute Gasteiger partial charge is 0.319 e. The molecule has 0 aliphatic carbocycles. The molecule has 2 aromatic rings. The van der Waals surface area contributed by atoms with Gasteiger partial charge in [0.05, 0.1) is 18.4 Å². The van der Waals surface area contributed by atoms with E-state index in [-0.39, 0.29) is 12.1 Å². The van der Waals surface area contributed by atoms with E-state index in [4.69, 9.17) is 4.74 Å². The molecular formula is C13H14N4O2. The summed E-state index contributed by atoms with van der Waals surface area (Å²) in [6.07, 6.45) is 3.97. The summed E-state index contributed by atoms with van der Waals surface area (Å²) in [5.41, 5.74) is 1.82. The van der Waals surface area contributed by atoms with Gasteiger partial charge in [-0.1, -0.05) is 18.2 Å². The van der Waals surface area contributed by atoms with Gasteiger partial charge in [-0.15, -0.1) is 0 Å². The lowest BCUT2D eigenvalue weighted by atomic mass is 10.1. The molecule has 6 heteroatoms. The fourth-order valence-corrected chi connectivity index (χ4v) is 2.07. The number of nitrogens with zero attached hydrogens (tertiary/aromatic N) is 1. The van der Waals surface area contributed by atoms with Gasteiger partial charge in [0.2, 0.25) is 0 Å². The third kappa shape index (κ3) is 2.67. The molecule has 1 aliphatic rings. The second-order valence-corrected chi connectivity index (χ2v) is 4.37. The minimum atomic E-state index is -0.263. The fourth-order valence-electron chi connectivity index (χ4n) is 2.07. The molecule has 19 heavy (non-hydrogen) atoms. The van der Waals surface area contributed by atoms with Crippen LogP contribution in [0.5, 0.6) is 5.75 Å². The monoisotopic (exact) mass is 258 g/mol. The maximum absolute atomic E-state index is 11.6. The van der Waals surface area contributed by atoms with Crippen molar-refractivity contribution in [3.8, 4) is 5.75 Å². The zero-order valence-electron chi connectivity index (χ0n) is 10.2. The summed E-state index contributed by atoms with van der Waals surface area (Å²) in [6.45, 7) is 0.471. The van der Waals surface area contributed by atoms with E-state index < -0.39 is 0 Å². The van der Waals surface area contributed by atoms with E-state index in [1.165, 1.54) is 5.56 Å². The molecule has 2 heterocycles. The van der Waals surface area contributed by atoms with Crippen LogP contribution < -0.4 is 15.4 Å². The molecule has 6 nitrogen and oxygen atoms in total. The van der Waals surface area contributed by atoms with Crippen LogP contribution in [0.4, 0.5) is 10.5 Å². The van der Waals surface area contributed by atoms with Gasteiger partial charge in [-0.3, -0.25) is 5.10 Å². The van der Waals surface area contributed by atoms with Crippen molar-refractivity contribution in [1.82, 2.24) is 15.5 Å². The summed E-state index contributed by atoms with van der Waals surface area (Å²) < 4.78 is 5.73. The van der Waals surface area contributed by atoms with Crippen LogP contribution in [-0.2, 0) is 6.42 Å². The summed E-state index contributed by atoms with van der Waals surface area (Å²) in [5, 5.41) is 11.8. The average Bonchev–Trinajstić information content (AvgIpc) is 3.04. The molecule has 1 aromatic heterocycles. The zero-order chi connectivity index (χ0) is 13.1. The number of nitrogens with one attached hydrogen (secondary N) is 3. The maximum Gasteiger partial charge on any atom is 0.319 e. The van der Waals surface area contributed by atoms with Crippen LogP contribution in [0.3, 0.4) is 0 Å². The van der Waals surface area contributed by atoms with Crippen molar-refractivity contribution in [3.63, 3.8) is 0 Å². The number of aromatic nitrogens is 2. The second-order valence-electron chi connectivity index (χ2n) is 4.37. The number of H-pyrrole nitrogens is 1. The molecule has 1 unspecified atom stereocenters. The third-order valence-electron chi connectivity index (χ3n) is 2.96. The summed E-state index contributed by atoms with van der Waals surface area (Å²) in [5.74, 6) is 0.907. The van der Waals surface area contributed by atoms with Gasteiger partial charge in [0.25, 0.3) is 0 Å². The first kappa shape index (κ1) is 11.6. The van der Waals surface area contributed by atoms with Crippen LogP contribution in [0.2, 0.25) is 0 Å². The van der Waals surface area contributed by atoms with Gasteiger partial charge in [0.15, 0.2) is 0 Å². The Morgan fingerprint density at radius 2 is 2.37 bits per heavy atom. The lowest BCUT2D eigenvalue weighted by Gasteiger charge is -2.12. The van der Waals surface area contributed by atoms with Crippen molar-refractivity contribution in [3.05, 3.63) is 42.2 Å². The lowest BCUT2D eigenvalue weighted by Crippen LogP contribution is -2.37. The molecule has 1 aliphatic heterocycles. The predicted molar refractivity (Wildman–Crippen MR) is 70.2 cm³/mol. The van der Waals surface area contributed by atoms with Gasteiger partial charge >= 0.3 is 6.03 Å². The Labute approximate surface area is 110 Å². The summed E-state index contributed by atoms with van der Waals surface area (Å²) in [6, 6.07) is 7.66. The number of ether oxygens (including phenoxy) is 1. The quantitative estimate of drug-likeness (QED) is 0.781. The largest absolute Gasteiger partial charge is 0.488 e. The molecule has 0 bridgehead atoms. The molecule has 98 valence electrons. The van der Waals surface area contributed by atoms with Crippen LogP contribution in [0.15, 0.2) is 36.7 Å². The number of aromatic amines is 1. The van der Waals surface area contributed by atoms with E-state index in [0.29, 0.717) is 12.2 Å². The topological polar surface area (TPSA) is 79.0 Å². The van der Waals surface area contributed by atoms with Gasteiger partial charge < -0.3 is 15.4 Å². The van der Waals surface area contributed by atoms with Gasteiger partial charge in [-0.2, -0.15) is 5.10 Å². The Morgan fingerprint density at radius 3 is 3.16 bits per heavy atom. The summed E-state index contributed by atoms with van der Waals surface area (Å²) in [4.78, 5) is 11.6. The number of anilines is 1. The minimum absolute atomic E-state index is 0.00694. The fraction of sp³-hybridized carbons (Fsp3) is 0.231. The first-order chi connectivity index (χ1) is 9.31. The van der Waals surface area contributed by atoms with E-state index in [1.807, 2.05) is 24.3 Å². The molecule has 3 N–H and O–H groups in total. The molecule has 1 aromatic carbocycles. The van der Waals surface area contributed by atoms with Crippen molar-refractivity contribution < 1.29 is 9.53 Å². The predicted octanol–water partition coefficient (Wildman–Crippen LogP) is 1.53. The van der Waals surface area contributed by atoms with E-state index in [1.54, 1.807) is 12.4 Å². The SMILES string of the molecule is O=C(NCC1Cc2ccccc2O1)Nc1cn[nH]c1. The first-order valence-electron chi connectivity index (χ1n) is 6.09. The molecular weight excluding hydrogens is 244 g/mol. The van der Waals surface area contributed by atoms with E-state index in [2.05, 4.69) is 20.8 Å². The van der Waals surface area contributed by atoms with Crippen molar-refractivity contribution in [2.45, 2.75) is 12.5 Å². The number of benzene rings is 1. The molecule has 0 saturated carbocycles. The highest BCUT2D eigenvalue weighted by molar-refractivity contribution is 5.88. The highest BCUT2D eigenvalue weighted by Gasteiger charge is 2.22.